The molecule has 0 aromatic carbocycles. The van der Waals surface area contributed by atoms with Gasteiger partial charge in [-0.05, 0) is 37.5 Å². The van der Waals surface area contributed by atoms with Gasteiger partial charge in [-0.25, -0.2) is 0 Å². The van der Waals surface area contributed by atoms with Crippen molar-refractivity contribution >= 4 is 5.97 Å². The van der Waals surface area contributed by atoms with Gasteiger partial charge < -0.3 is 10.4 Å². The first-order chi connectivity index (χ1) is 7.17. The Hall–Kier alpha value is -0.570. The summed E-state index contributed by atoms with van der Waals surface area (Å²) in [5, 5.41) is 12.4. The van der Waals surface area contributed by atoms with E-state index in [1.165, 1.54) is 25.7 Å². The zero-order valence-corrected chi connectivity index (χ0v) is 9.46. The molecule has 0 heterocycles. The Labute approximate surface area is 91.2 Å². The van der Waals surface area contributed by atoms with Crippen LogP contribution in [0.5, 0.6) is 0 Å². The minimum atomic E-state index is -0.627. The van der Waals surface area contributed by atoms with E-state index in [2.05, 4.69) is 12.2 Å². The summed E-state index contributed by atoms with van der Waals surface area (Å²) in [7, 11) is 0. The second-order valence-electron chi connectivity index (χ2n) is 5.22. The summed E-state index contributed by atoms with van der Waals surface area (Å²) in [6.45, 7) is 3.27. The van der Waals surface area contributed by atoms with Crippen molar-refractivity contribution in [1.29, 1.82) is 0 Å². The van der Waals surface area contributed by atoms with E-state index < -0.39 is 5.97 Å². The smallest absolute Gasteiger partial charge is 0.308 e. The van der Waals surface area contributed by atoms with Gasteiger partial charge in [0.05, 0.1) is 5.92 Å². The third-order valence-corrected chi connectivity index (χ3v) is 4.50. The Kier molecular flexibility index (Phi) is 3.01. The minimum Gasteiger partial charge on any atom is -0.481 e. The van der Waals surface area contributed by atoms with Crippen LogP contribution in [-0.2, 0) is 4.79 Å². The summed E-state index contributed by atoms with van der Waals surface area (Å²) in [6.07, 6.45) is 7.11. The van der Waals surface area contributed by atoms with E-state index in [9.17, 15) is 4.79 Å². The van der Waals surface area contributed by atoms with Gasteiger partial charge in [0.1, 0.15) is 0 Å². The van der Waals surface area contributed by atoms with Gasteiger partial charge in [-0.3, -0.25) is 4.79 Å². The van der Waals surface area contributed by atoms with Crippen LogP contribution in [0.1, 0.15) is 45.4 Å². The molecule has 2 saturated carbocycles. The van der Waals surface area contributed by atoms with Crippen LogP contribution in [0.2, 0.25) is 0 Å². The highest BCUT2D eigenvalue weighted by Gasteiger charge is 2.40. The fourth-order valence-corrected chi connectivity index (χ4v) is 2.72. The molecule has 0 radical (unpaired) electrons. The number of carboxylic acids is 1. The lowest BCUT2D eigenvalue weighted by atomic mass is 9.66. The number of carboxylic acid groups (broad SMARTS) is 1. The molecule has 2 N–H and O–H groups in total. The van der Waals surface area contributed by atoms with Crippen LogP contribution in [0, 0.1) is 11.3 Å². The van der Waals surface area contributed by atoms with Crippen molar-refractivity contribution in [2.24, 2.45) is 11.3 Å². The summed E-state index contributed by atoms with van der Waals surface area (Å²) >= 11 is 0. The van der Waals surface area contributed by atoms with Crippen molar-refractivity contribution in [2.45, 2.75) is 51.5 Å². The van der Waals surface area contributed by atoms with Crippen LogP contribution < -0.4 is 5.32 Å². The van der Waals surface area contributed by atoms with Crippen LogP contribution >= 0.6 is 0 Å². The van der Waals surface area contributed by atoms with Crippen molar-refractivity contribution in [3.63, 3.8) is 0 Å². The second-order valence-corrected chi connectivity index (χ2v) is 5.22. The molecule has 2 rings (SSSR count). The number of carbonyl (C=O) groups is 1. The third-order valence-electron chi connectivity index (χ3n) is 4.50. The Morgan fingerprint density at radius 2 is 2.20 bits per heavy atom. The zero-order chi connectivity index (χ0) is 10.9. The lowest BCUT2D eigenvalue weighted by Crippen LogP contribution is -2.52. The fraction of sp³-hybridized carbons (Fsp3) is 0.917. The molecule has 0 saturated heterocycles. The number of hydrogen-bond acceptors (Lipinski definition) is 2. The number of nitrogens with one attached hydrogen (secondary N) is 1. The number of aliphatic carboxylic acids is 1. The van der Waals surface area contributed by atoms with E-state index in [-0.39, 0.29) is 12.0 Å². The normalized spacial score (nSPS) is 32.9. The summed E-state index contributed by atoms with van der Waals surface area (Å²) in [4.78, 5) is 10.8. The predicted octanol–water partition coefficient (Wildman–Crippen LogP) is 2.02. The lowest BCUT2D eigenvalue weighted by molar-refractivity contribution is -0.146. The molecule has 2 aliphatic rings. The molecule has 0 aromatic heterocycles. The Balaban J connectivity index is 1.76. The Morgan fingerprint density at radius 1 is 1.47 bits per heavy atom. The topological polar surface area (TPSA) is 49.3 Å². The Bertz CT molecular complexity index is 242. The summed E-state index contributed by atoms with van der Waals surface area (Å²) in [6, 6.07) is 0.242. The third kappa shape index (κ3) is 2.03. The Morgan fingerprint density at radius 3 is 2.53 bits per heavy atom. The van der Waals surface area contributed by atoms with Crippen LogP contribution in [0.3, 0.4) is 0 Å². The van der Waals surface area contributed by atoms with Crippen molar-refractivity contribution in [3.05, 3.63) is 0 Å². The quantitative estimate of drug-likeness (QED) is 0.731. The largest absolute Gasteiger partial charge is 0.481 e. The maximum Gasteiger partial charge on any atom is 0.308 e. The van der Waals surface area contributed by atoms with Crippen molar-refractivity contribution in [2.75, 3.05) is 6.54 Å². The van der Waals surface area contributed by atoms with Gasteiger partial charge in [0.15, 0.2) is 0 Å². The van der Waals surface area contributed by atoms with Gasteiger partial charge in [0, 0.05) is 12.6 Å². The summed E-state index contributed by atoms with van der Waals surface area (Å²) in [5.74, 6) is -0.753. The molecule has 0 bridgehead atoms. The second kappa shape index (κ2) is 4.12. The van der Waals surface area contributed by atoms with E-state index in [0.717, 1.165) is 19.4 Å². The molecule has 0 aromatic rings. The molecule has 0 spiro atoms. The van der Waals surface area contributed by atoms with Gasteiger partial charge in [0.25, 0.3) is 0 Å². The zero-order valence-electron chi connectivity index (χ0n) is 9.46. The van der Waals surface area contributed by atoms with E-state index >= 15 is 0 Å². The highest BCUT2D eigenvalue weighted by molar-refractivity contribution is 5.72. The maximum atomic E-state index is 10.8. The van der Waals surface area contributed by atoms with Crippen LogP contribution in [0.4, 0.5) is 0 Å². The first-order valence-electron chi connectivity index (χ1n) is 6.13. The molecule has 15 heavy (non-hydrogen) atoms. The fourth-order valence-electron chi connectivity index (χ4n) is 2.72. The molecule has 2 aliphatic carbocycles. The standard InChI is InChI=1S/C12H21NO2/c1-2-12(6-3-7-12)8-13-10-5-4-9(10)11(14)15/h9-10,13H,2-8H2,1H3,(H,14,15). The minimum absolute atomic E-state index is 0.126. The average molecular weight is 211 g/mol. The summed E-state index contributed by atoms with van der Waals surface area (Å²) < 4.78 is 0. The van der Waals surface area contributed by atoms with Crippen molar-refractivity contribution in [1.82, 2.24) is 5.32 Å². The number of rotatable bonds is 5. The molecule has 2 unspecified atom stereocenters. The highest BCUT2D eigenvalue weighted by Crippen LogP contribution is 2.43. The van der Waals surface area contributed by atoms with Gasteiger partial charge in [-0.15, -0.1) is 0 Å². The molecule has 86 valence electrons. The van der Waals surface area contributed by atoms with Crippen LogP contribution in [0.15, 0.2) is 0 Å². The highest BCUT2D eigenvalue weighted by atomic mass is 16.4. The monoisotopic (exact) mass is 211 g/mol. The van der Waals surface area contributed by atoms with E-state index in [4.69, 9.17) is 5.11 Å². The first-order valence-corrected chi connectivity index (χ1v) is 6.13. The molecule has 2 atom stereocenters. The van der Waals surface area contributed by atoms with Crippen LogP contribution in [-0.4, -0.2) is 23.7 Å². The molecule has 2 fully saturated rings. The van der Waals surface area contributed by atoms with Gasteiger partial charge in [-0.1, -0.05) is 13.3 Å². The van der Waals surface area contributed by atoms with E-state index in [0.29, 0.717) is 5.41 Å². The molecule has 3 nitrogen and oxygen atoms in total. The van der Waals surface area contributed by atoms with Gasteiger partial charge in [-0.2, -0.15) is 0 Å². The van der Waals surface area contributed by atoms with Crippen LogP contribution in [0.25, 0.3) is 0 Å². The van der Waals surface area contributed by atoms with Crippen molar-refractivity contribution in [3.8, 4) is 0 Å². The van der Waals surface area contributed by atoms with Crippen molar-refractivity contribution < 1.29 is 9.90 Å². The van der Waals surface area contributed by atoms with E-state index in [1.54, 1.807) is 0 Å². The SMILES string of the molecule is CCC1(CNC2CCC2C(=O)O)CCC1. The molecular weight excluding hydrogens is 190 g/mol. The summed E-state index contributed by atoms with van der Waals surface area (Å²) in [5.41, 5.74) is 0.499. The molecule has 0 aliphatic heterocycles. The predicted molar refractivity (Wildman–Crippen MR) is 58.7 cm³/mol. The molecule has 3 heteroatoms. The van der Waals surface area contributed by atoms with E-state index in [1.807, 2.05) is 0 Å². The first kappa shape index (κ1) is 10.9. The molecular formula is C12H21NO2. The average Bonchev–Trinajstić information content (AvgIpc) is 2.06. The van der Waals surface area contributed by atoms with Gasteiger partial charge >= 0.3 is 5.97 Å². The maximum absolute atomic E-state index is 10.8. The lowest BCUT2D eigenvalue weighted by Gasteiger charge is -2.44. The molecule has 0 amide bonds. The van der Waals surface area contributed by atoms with Gasteiger partial charge in [0.2, 0.25) is 0 Å². The number of hydrogen-bond donors (Lipinski definition) is 2.